The van der Waals surface area contributed by atoms with Crippen molar-refractivity contribution in [2.24, 2.45) is 0 Å². The Labute approximate surface area is 147 Å². The average Bonchev–Trinajstić information content (AvgIpc) is 2.64. The number of amides is 1. The summed E-state index contributed by atoms with van der Waals surface area (Å²) in [5.74, 6) is -0.668. The monoisotopic (exact) mass is 335 g/mol. The summed E-state index contributed by atoms with van der Waals surface area (Å²) in [6.45, 7) is 3.00. The van der Waals surface area contributed by atoms with Crippen molar-refractivity contribution in [1.82, 2.24) is 4.90 Å². The molecule has 0 aliphatic carbocycles. The topological polar surface area (TPSA) is 46.6 Å². The minimum atomic E-state index is -0.507. The first-order chi connectivity index (χ1) is 12.1. The number of carbonyl (C=O) groups excluding carboxylic acids is 2. The molecule has 1 aliphatic rings. The summed E-state index contributed by atoms with van der Waals surface area (Å²) in [6.07, 6.45) is 3.88. The van der Waals surface area contributed by atoms with Crippen LogP contribution in [0.25, 0.3) is 6.08 Å². The van der Waals surface area contributed by atoms with Crippen LogP contribution in [-0.2, 0) is 27.3 Å². The Kier molecular flexibility index (Phi) is 5.29. The van der Waals surface area contributed by atoms with Gasteiger partial charge < -0.3 is 9.64 Å². The van der Waals surface area contributed by atoms with Crippen LogP contribution in [0.15, 0.2) is 54.6 Å². The van der Waals surface area contributed by atoms with Crippen LogP contribution in [0.1, 0.15) is 22.3 Å². The second-order valence-corrected chi connectivity index (χ2v) is 6.19. The highest BCUT2D eigenvalue weighted by Crippen LogP contribution is 2.18. The van der Waals surface area contributed by atoms with Gasteiger partial charge >= 0.3 is 5.97 Å². The van der Waals surface area contributed by atoms with Gasteiger partial charge in [0.15, 0.2) is 6.61 Å². The first-order valence-corrected chi connectivity index (χ1v) is 8.38. The molecule has 0 atom stereocenters. The molecule has 2 aromatic rings. The number of aryl methyl sites for hydroxylation is 1. The Hall–Kier alpha value is -2.88. The molecule has 25 heavy (non-hydrogen) atoms. The highest BCUT2D eigenvalue weighted by Gasteiger charge is 2.20. The van der Waals surface area contributed by atoms with Gasteiger partial charge in [-0.2, -0.15) is 0 Å². The van der Waals surface area contributed by atoms with E-state index in [0.29, 0.717) is 13.1 Å². The molecule has 0 bridgehead atoms. The maximum absolute atomic E-state index is 12.3. The summed E-state index contributed by atoms with van der Waals surface area (Å²) in [7, 11) is 0. The molecule has 3 rings (SSSR count). The maximum Gasteiger partial charge on any atom is 0.331 e. The van der Waals surface area contributed by atoms with E-state index in [0.717, 1.165) is 23.1 Å². The SMILES string of the molecule is Cc1cccc(/C=C/C(=O)OCC(=O)N2CCc3ccccc3C2)c1. The molecular weight excluding hydrogens is 314 g/mol. The first-order valence-electron chi connectivity index (χ1n) is 8.38. The Morgan fingerprint density at radius 3 is 2.72 bits per heavy atom. The molecule has 0 radical (unpaired) electrons. The Bertz CT molecular complexity index is 810. The standard InChI is InChI=1S/C21H21NO3/c1-16-5-4-6-17(13-16)9-10-21(24)25-15-20(23)22-12-11-18-7-2-3-8-19(18)14-22/h2-10,13H,11-12,14-15H2,1H3/b10-9+. The zero-order chi connectivity index (χ0) is 17.6. The molecule has 0 spiro atoms. The predicted octanol–water partition coefficient (Wildman–Crippen LogP) is 3.14. The molecular formula is C21H21NO3. The second-order valence-electron chi connectivity index (χ2n) is 6.19. The van der Waals surface area contributed by atoms with E-state index >= 15 is 0 Å². The predicted molar refractivity (Wildman–Crippen MR) is 96.7 cm³/mol. The van der Waals surface area contributed by atoms with Gasteiger partial charge in [0.05, 0.1) is 0 Å². The van der Waals surface area contributed by atoms with E-state index in [-0.39, 0.29) is 12.5 Å². The number of benzene rings is 2. The molecule has 4 nitrogen and oxygen atoms in total. The van der Waals surface area contributed by atoms with E-state index in [1.807, 2.05) is 49.4 Å². The van der Waals surface area contributed by atoms with Crippen molar-refractivity contribution in [2.75, 3.05) is 13.2 Å². The van der Waals surface area contributed by atoms with Gasteiger partial charge in [0, 0.05) is 19.2 Å². The van der Waals surface area contributed by atoms with Crippen LogP contribution < -0.4 is 0 Å². The lowest BCUT2D eigenvalue weighted by atomic mass is 10.00. The van der Waals surface area contributed by atoms with Crippen LogP contribution in [0.3, 0.4) is 0 Å². The Morgan fingerprint density at radius 1 is 1.12 bits per heavy atom. The lowest BCUT2D eigenvalue weighted by Gasteiger charge is -2.28. The molecule has 0 saturated carbocycles. The Balaban J connectivity index is 1.50. The number of hydrogen-bond donors (Lipinski definition) is 0. The molecule has 1 heterocycles. The van der Waals surface area contributed by atoms with Crippen molar-refractivity contribution < 1.29 is 14.3 Å². The van der Waals surface area contributed by atoms with E-state index in [4.69, 9.17) is 4.74 Å². The minimum absolute atomic E-state index is 0.160. The summed E-state index contributed by atoms with van der Waals surface area (Å²) >= 11 is 0. The molecule has 4 heteroatoms. The van der Waals surface area contributed by atoms with Crippen LogP contribution in [0.4, 0.5) is 0 Å². The van der Waals surface area contributed by atoms with E-state index in [2.05, 4.69) is 6.07 Å². The molecule has 0 saturated heterocycles. The van der Waals surface area contributed by atoms with Gasteiger partial charge in [-0.1, -0.05) is 54.1 Å². The lowest BCUT2D eigenvalue weighted by molar-refractivity contribution is -0.148. The van der Waals surface area contributed by atoms with Gasteiger partial charge in [0.25, 0.3) is 5.91 Å². The normalized spacial score (nSPS) is 13.6. The largest absolute Gasteiger partial charge is 0.452 e. The molecule has 0 fully saturated rings. The summed E-state index contributed by atoms with van der Waals surface area (Å²) < 4.78 is 5.08. The van der Waals surface area contributed by atoms with Crippen molar-refractivity contribution in [3.63, 3.8) is 0 Å². The fraction of sp³-hybridized carbons (Fsp3) is 0.238. The third-order valence-corrected chi connectivity index (χ3v) is 4.28. The molecule has 1 aliphatic heterocycles. The number of rotatable bonds is 4. The molecule has 0 unspecified atom stereocenters. The summed E-state index contributed by atoms with van der Waals surface area (Å²) in [5.41, 5.74) is 4.49. The minimum Gasteiger partial charge on any atom is -0.452 e. The number of esters is 1. The van der Waals surface area contributed by atoms with Gasteiger partial charge in [0.1, 0.15) is 0 Å². The third-order valence-electron chi connectivity index (χ3n) is 4.28. The smallest absolute Gasteiger partial charge is 0.331 e. The van der Waals surface area contributed by atoms with Crippen molar-refractivity contribution in [3.05, 3.63) is 76.9 Å². The van der Waals surface area contributed by atoms with E-state index < -0.39 is 5.97 Å². The third kappa shape index (κ3) is 4.57. The van der Waals surface area contributed by atoms with Gasteiger partial charge in [-0.05, 0) is 36.1 Å². The van der Waals surface area contributed by atoms with Gasteiger partial charge in [-0.15, -0.1) is 0 Å². The number of carbonyl (C=O) groups is 2. The van der Waals surface area contributed by atoms with E-state index in [1.165, 1.54) is 11.6 Å². The first kappa shape index (κ1) is 17.0. The zero-order valence-electron chi connectivity index (χ0n) is 14.3. The number of hydrogen-bond acceptors (Lipinski definition) is 3. The molecule has 0 N–H and O–H groups in total. The van der Waals surface area contributed by atoms with E-state index in [1.54, 1.807) is 11.0 Å². The zero-order valence-corrected chi connectivity index (χ0v) is 14.3. The van der Waals surface area contributed by atoms with Crippen LogP contribution in [-0.4, -0.2) is 29.9 Å². The van der Waals surface area contributed by atoms with Crippen LogP contribution >= 0.6 is 0 Å². The van der Waals surface area contributed by atoms with Crippen molar-refractivity contribution in [1.29, 1.82) is 0 Å². The number of fused-ring (bicyclic) bond motifs is 1. The maximum atomic E-state index is 12.3. The summed E-state index contributed by atoms with van der Waals surface area (Å²) in [5, 5.41) is 0. The fourth-order valence-electron chi connectivity index (χ4n) is 2.92. The van der Waals surface area contributed by atoms with Gasteiger partial charge in [-0.25, -0.2) is 4.79 Å². The van der Waals surface area contributed by atoms with Gasteiger partial charge in [0.2, 0.25) is 0 Å². The van der Waals surface area contributed by atoms with Crippen molar-refractivity contribution >= 4 is 18.0 Å². The van der Waals surface area contributed by atoms with E-state index in [9.17, 15) is 9.59 Å². The van der Waals surface area contributed by atoms with Crippen LogP contribution in [0.2, 0.25) is 0 Å². The molecule has 0 aromatic heterocycles. The van der Waals surface area contributed by atoms with Gasteiger partial charge in [-0.3, -0.25) is 4.79 Å². The highest BCUT2D eigenvalue weighted by atomic mass is 16.5. The van der Waals surface area contributed by atoms with Crippen LogP contribution in [0.5, 0.6) is 0 Å². The quantitative estimate of drug-likeness (QED) is 0.637. The summed E-state index contributed by atoms with van der Waals surface area (Å²) in [4.78, 5) is 25.8. The van der Waals surface area contributed by atoms with Crippen molar-refractivity contribution in [2.45, 2.75) is 19.9 Å². The highest BCUT2D eigenvalue weighted by molar-refractivity contribution is 5.89. The number of ether oxygens (including phenoxy) is 1. The number of nitrogens with zero attached hydrogens (tertiary/aromatic N) is 1. The second kappa shape index (κ2) is 7.79. The van der Waals surface area contributed by atoms with Crippen molar-refractivity contribution in [3.8, 4) is 0 Å². The molecule has 2 aromatic carbocycles. The summed E-state index contributed by atoms with van der Waals surface area (Å²) in [6, 6.07) is 15.9. The van der Waals surface area contributed by atoms with Crippen LogP contribution in [0, 0.1) is 6.92 Å². The molecule has 128 valence electrons. The molecule has 1 amide bonds. The lowest BCUT2D eigenvalue weighted by Crippen LogP contribution is -2.38. The average molecular weight is 335 g/mol. The fourth-order valence-corrected chi connectivity index (χ4v) is 2.92. The Morgan fingerprint density at radius 2 is 1.92 bits per heavy atom.